The average molecular weight is 503 g/mol. The molecule has 6 rings (SSSR count). The second-order valence-electron chi connectivity index (χ2n) is 9.74. The predicted molar refractivity (Wildman–Crippen MR) is 146 cm³/mol. The Morgan fingerprint density at radius 1 is 0.842 bits per heavy atom. The number of rotatable bonds is 6. The number of Topliss-reactive ketones (excluding diaryl/α,β-unsaturated/α-hetero) is 1. The van der Waals surface area contributed by atoms with E-state index >= 15 is 0 Å². The molecule has 1 aliphatic carbocycles. The third-order valence-electron chi connectivity index (χ3n) is 7.38. The van der Waals surface area contributed by atoms with Crippen molar-refractivity contribution in [3.8, 4) is 33.8 Å². The van der Waals surface area contributed by atoms with Crippen molar-refractivity contribution in [3.63, 3.8) is 0 Å². The van der Waals surface area contributed by atoms with Crippen LogP contribution in [0.2, 0.25) is 0 Å². The van der Waals surface area contributed by atoms with Gasteiger partial charge in [-0.1, -0.05) is 78.9 Å². The van der Waals surface area contributed by atoms with Crippen molar-refractivity contribution in [2.24, 2.45) is 0 Å². The zero-order valence-electron chi connectivity index (χ0n) is 20.9. The van der Waals surface area contributed by atoms with Crippen LogP contribution in [0.15, 0.2) is 91.0 Å². The maximum atomic E-state index is 11.7. The molecule has 0 unspecified atom stereocenters. The lowest BCUT2D eigenvalue weighted by atomic mass is 9.72. The summed E-state index contributed by atoms with van der Waals surface area (Å²) in [7, 11) is 0. The molecular formula is C31H26N4O3. The number of fused-ring (bicyclic) bond motifs is 1. The molecule has 2 aromatic heterocycles. The van der Waals surface area contributed by atoms with Crippen molar-refractivity contribution in [2.45, 2.75) is 31.7 Å². The van der Waals surface area contributed by atoms with Crippen LogP contribution in [0, 0.1) is 0 Å². The van der Waals surface area contributed by atoms with Crippen LogP contribution in [-0.2, 0) is 5.54 Å². The number of benzene rings is 3. The predicted octanol–water partition coefficient (Wildman–Crippen LogP) is 6.58. The van der Waals surface area contributed by atoms with Gasteiger partial charge in [0.1, 0.15) is 5.69 Å². The molecule has 0 spiro atoms. The van der Waals surface area contributed by atoms with Crippen molar-refractivity contribution >= 4 is 17.5 Å². The van der Waals surface area contributed by atoms with Gasteiger partial charge in [0.15, 0.2) is 11.4 Å². The zero-order valence-corrected chi connectivity index (χ0v) is 20.9. The number of hydrogen-bond donors (Lipinski definition) is 2. The van der Waals surface area contributed by atoms with Crippen LogP contribution in [0.1, 0.15) is 42.1 Å². The van der Waals surface area contributed by atoms with Gasteiger partial charge in [0, 0.05) is 22.3 Å². The Bertz CT molecular complexity index is 1650. The van der Waals surface area contributed by atoms with Crippen molar-refractivity contribution < 1.29 is 14.7 Å². The third kappa shape index (κ3) is 4.12. The Balaban J connectivity index is 1.46. The highest BCUT2D eigenvalue weighted by atomic mass is 16.4. The van der Waals surface area contributed by atoms with Crippen LogP contribution in [0.4, 0.5) is 4.79 Å². The number of hydrogen-bond acceptors (Lipinski definition) is 4. The van der Waals surface area contributed by atoms with Crippen LogP contribution >= 0.6 is 0 Å². The van der Waals surface area contributed by atoms with Gasteiger partial charge in [-0.2, -0.15) is 5.10 Å². The molecule has 0 saturated heterocycles. The fourth-order valence-corrected chi connectivity index (χ4v) is 5.19. The van der Waals surface area contributed by atoms with Gasteiger partial charge in [0.25, 0.3) is 0 Å². The van der Waals surface area contributed by atoms with Crippen LogP contribution in [0.25, 0.3) is 39.4 Å². The first kappa shape index (κ1) is 23.6. The van der Waals surface area contributed by atoms with Crippen molar-refractivity contribution in [1.29, 1.82) is 0 Å². The van der Waals surface area contributed by atoms with Crippen LogP contribution in [0.5, 0.6) is 0 Å². The molecule has 2 N–H and O–H groups in total. The van der Waals surface area contributed by atoms with Gasteiger partial charge in [-0.05, 0) is 43.9 Å². The first-order chi connectivity index (χ1) is 18.4. The van der Waals surface area contributed by atoms with Crippen molar-refractivity contribution in [2.75, 3.05) is 0 Å². The van der Waals surface area contributed by atoms with E-state index in [1.807, 2.05) is 95.5 Å². The van der Waals surface area contributed by atoms with Gasteiger partial charge < -0.3 is 10.4 Å². The van der Waals surface area contributed by atoms with E-state index in [4.69, 9.17) is 10.1 Å². The number of amides is 1. The molecule has 3 aromatic carbocycles. The van der Waals surface area contributed by atoms with E-state index in [1.54, 1.807) is 6.92 Å². The standard InChI is InChI=1S/C31H26N4O3/c1-20(36)21-8-10-22(11-9-21)26-16-17-27-32-28(29(35(27)34-26)24-6-3-2-4-7-24)23-12-14-25(15-13-23)31(18-5-19-31)33-30(37)38/h2-4,6-17,33H,5,18-19H2,1H3,(H,37,38). The minimum Gasteiger partial charge on any atom is -0.465 e. The fourth-order valence-electron chi connectivity index (χ4n) is 5.19. The van der Waals surface area contributed by atoms with E-state index in [0.717, 1.165) is 64.2 Å². The Hall–Kier alpha value is -4.78. The number of nitrogens with zero attached hydrogens (tertiary/aromatic N) is 3. The molecule has 7 heteroatoms. The van der Waals surface area contributed by atoms with E-state index in [2.05, 4.69) is 5.32 Å². The summed E-state index contributed by atoms with van der Waals surface area (Å²) < 4.78 is 1.87. The summed E-state index contributed by atoms with van der Waals surface area (Å²) in [5.41, 5.74) is 7.10. The van der Waals surface area contributed by atoms with E-state index < -0.39 is 11.6 Å². The molecular weight excluding hydrogens is 476 g/mol. The topological polar surface area (TPSA) is 96.6 Å². The quantitative estimate of drug-likeness (QED) is 0.256. The Labute approximate surface area is 219 Å². The molecule has 0 atom stereocenters. The third-order valence-corrected chi connectivity index (χ3v) is 7.38. The molecule has 0 bridgehead atoms. The summed E-state index contributed by atoms with van der Waals surface area (Å²) in [6.45, 7) is 1.56. The minimum atomic E-state index is -1.00. The minimum absolute atomic E-state index is 0.0264. The monoisotopic (exact) mass is 502 g/mol. The van der Waals surface area contributed by atoms with Crippen LogP contribution < -0.4 is 5.32 Å². The summed E-state index contributed by atoms with van der Waals surface area (Å²) in [6, 6.07) is 29.4. The summed E-state index contributed by atoms with van der Waals surface area (Å²) in [6.07, 6.45) is 1.58. The smallest absolute Gasteiger partial charge is 0.405 e. The van der Waals surface area contributed by atoms with Crippen molar-refractivity contribution in [3.05, 3.63) is 102 Å². The van der Waals surface area contributed by atoms with E-state index in [1.165, 1.54) is 0 Å². The molecule has 1 aliphatic rings. The SMILES string of the molecule is CC(=O)c1ccc(-c2ccc3nc(-c4ccc(C5(NC(=O)O)CCC5)cc4)c(-c4ccccc4)n3n2)cc1. The molecule has 1 amide bonds. The average Bonchev–Trinajstić information content (AvgIpc) is 3.30. The zero-order chi connectivity index (χ0) is 26.3. The lowest BCUT2D eigenvalue weighted by molar-refractivity contribution is 0.101. The maximum Gasteiger partial charge on any atom is 0.405 e. The Morgan fingerprint density at radius 2 is 1.53 bits per heavy atom. The summed E-state index contributed by atoms with van der Waals surface area (Å²) in [5, 5.41) is 17.0. The van der Waals surface area contributed by atoms with E-state index in [-0.39, 0.29) is 5.78 Å². The highest BCUT2D eigenvalue weighted by Gasteiger charge is 2.40. The van der Waals surface area contributed by atoms with E-state index in [0.29, 0.717) is 5.56 Å². The number of aromatic nitrogens is 3. The summed E-state index contributed by atoms with van der Waals surface area (Å²) in [4.78, 5) is 28.0. The molecule has 1 saturated carbocycles. The lowest BCUT2D eigenvalue weighted by Gasteiger charge is -2.42. The normalized spacial score (nSPS) is 14.1. The van der Waals surface area contributed by atoms with Crippen LogP contribution in [0.3, 0.4) is 0 Å². The number of carboxylic acid groups (broad SMARTS) is 1. The molecule has 38 heavy (non-hydrogen) atoms. The molecule has 1 fully saturated rings. The summed E-state index contributed by atoms with van der Waals surface area (Å²) >= 11 is 0. The Morgan fingerprint density at radius 3 is 2.13 bits per heavy atom. The second kappa shape index (κ2) is 9.27. The van der Waals surface area contributed by atoms with Gasteiger partial charge in [-0.3, -0.25) is 4.79 Å². The van der Waals surface area contributed by atoms with Gasteiger partial charge in [-0.15, -0.1) is 0 Å². The second-order valence-corrected chi connectivity index (χ2v) is 9.74. The number of carbonyl (C=O) groups excluding carboxylic acids is 1. The molecule has 0 aliphatic heterocycles. The van der Waals surface area contributed by atoms with Crippen molar-refractivity contribution in [1.82, 2.24) is 19.9 Å². The van der Waals surface area contributed by atoms with Gasteiger partial charge in [0.05, 0.1) is 16.9 Å². The number of imidazole rings is 1. The Kier molecular flexibility index (Phi) is 5.76. The number of carbonyl (C=O) groups is 2. The molecule has 5 aromatic rings. The molecule has 188 valence electrons. The first-order valence-corrected chi connectivity index (χ1v) is 12.6. The van der Waals surface area contributed by atoms with Gasteiger partial charge in [-0.25, -0.2) is 14.3 Å². The van der Waals surface area contributed by atoms with Crippen LogP contribution in [-0.4, -0.2) is 31.6 Å². The maximum absolute atomic E-state index is 11.7. The highest BCUT2D eigenvalue weighted by molar-refractivity contribution is 5.94. The number of ketones is 1. The van der Waals surface area contributed by atoms with E-state index in [9.17, 15) is 14.7 Å². The van der Waals surface area contributed by atoms with Gasteiger partial charge in [0.2, 0.25) is 0 Å². The molecule has 2 heterocycles. The number of nitrogens with one attached hydrogen (secondary N) is 1. The van der Waals surface area contributed by atoms with Gasteiger partial charge >= 0.3 is 6.09 Å². The molecule has 0 radical (unpaired) electrons. The molecule has 7 nitrogen and oxygen atoms in total. The largest absolute Gasteiger partial charge is 0.465 e. The summed E-state index contributed by atoms with van der Waals surface area (Å²) in [5.74, 6) is 0.0264. The fraction of sp³-hybridized carbons (Fsp3) is 0.161. The lowest BCUT2D eigenvalue weighted by Crippen LogP contribution is -2.50. The first-order valence-electron chi connectivity index (χ1n) is 12.6. The highest BCUT2D eigenvalue weighted by Crippen LogP contribution is 2.42.